The zero-order valence-electron chi connectivity index (χ0n) is 12.0. The molecule has 0 bridgehead atoms. The maximum absolute atomic E-state index is 13.5. The zero-order chi connectivity index (χ0) is 14.7. The third kappa shape index (κ3) is 3.27. The number of aryl methyl sites for hydroxylation is 1. The van der Waals surface area contributed by atoms with Gasteiger partial charge in [0, 0.05) is 18.7 Å². The molecule has 0 saturated heterocycles. The Morgan fingerprint density at radius 3 is 2.67 bits per heavy atom. The molecular weight excluding hydrogens is 269 g/mol. The Kier molecular flexibility index (Phi) is 3.95. The fourth-order valence-corrected chi connectivity index (χ4v) is 2.22. The highest BCUT2D eigenvalue weighted by Gasteiger charge is 2.10. The first-order chi connectivity index (χ1) is 10.2. The van der Waals surface area contributed by atoms with Gasteiger partial charge in [-0.05, 0) is 42.3 Å². The summed E-state index contributed by atoms with van der Waals surface area (Å²) in [6.45, 7) is 3.72. The van der Waals surface area contributed by atoms with Crippen molar-refractivity contribution in [1.82, 2.24) is 0 Å². The second-order valence-corrected chi connectivity index (χ2v) is 5.15. The van der Waals surface area contributed by atoms with Crippen LogP contribution in [0.4, 0.5) is 10.1 Å². The fourth-order valence-electron chi connectivity index (χ4n) is 2.22. The lowest BCUT2D eigenvalue weighted by atomic mass is 10.2. The van der Waals surface area contributed by atoms with Gasteiger partial charge >= 0.3 is 0 Å². The average Bonchev–Trinajstić information content (AvgIpc) is 2.73. The number of nitrogens with one attached hydrogen (secondary N) is 1. The van der Waals surface area contributed by atoms with E-state index in [2.05, 4.69) is 5.32 Å². The Hall–Kier alpha value is -2.23. The van der Waals surface area contributed by atoms with E-state index in [0.717, 1.165) is 29.2 Å². The Balaban J connectivity index is 1.70. The lowest BCUT2D eigenvalue weighted by Crippen LogP contribution is -2.01. The Morgan fingerprint density at radius 1 is 1.05 bits per heavy atom. The molecule has 1 aliphatic rings. The van der Waals surface area contributed by atoms with Gasteiger partial charge in [-0.2, -0.15) is 0 Å². The first-order valence-corrected chi connectivity index (χ1v) is 7.11. The minimum Gasteiger partial charge on any atom is -0.490 e. The van der Waals surface area contributed by atoms with E-state index < -0.39 is 0 Å². The van der Waals surface area contributed by atoms with E-state index >= 15 is 0 Å². The highest BCUT2D eigenvalue weighted by molar-refractivity contribution is 5.48. The molecule has 0 spiro atoms. The summed E-state index contributed by atoms with van der Waals surface area (Å²) in [5.74, 6) is 1.37. The summed E-state index contributed by atoms with van der Waals surface area (Å²) in [6.07, 6.45) is 0.894. The minimum absolute atomic E-state index is 0.196. The van der Waals surface area contributed by atoms with Gasteiger partial charge in [0.15, 0.2) is 11.5 Å². The first kappa shape index (κ1) is 13.7. The van der Waals surface area contributed by atoms with Gasteiger partial charge in [0.2, 0.25) is 0 Å². The van der Waals surface area contributed by atoms with Crippen LogP contribution in [0.15, 0.2) is 36.4 Å². The summed E-state index contributed by atoms with van der Waals surface area (Å²) in [5.41, 5.74) is 2.49. The average molecular weight is 287 g/mol. The molecule has 1 aliphatic heterocycles. The van der Waals surface area contributed by atoms with Crippen molar-refractivity contribution in [2.75, 3.05) is 18.5 Å². The van der Waals surface area contributed by atoms with Gasteiger partial charge in [-0.1, -0.05) is 12.1 Å². The molecule has 0 fully saturated rings. The Morgan fingerprint density at radius 2 is 1.86 bits per heavy atom. The van der Waals surface area contributed by atoms with Crippen LogP contribution in [0, 0.1) is 12.7 Å². The molecule has 3 nitrogen and oxygen atoms in total. The quantitative estimate of drug-likeness (QED) is 0.928. The van der Waals surface area contributed by atoms with E-state index in [1.54, 1.807) is 13.0 Å². The van der Waals surface area contributed by atoms with Crippen LogP contribution < -0.4 is 14.8 Å². The minimum atomic E-state index is -0.196. The van der Waals surface area contributed by atoms with E-state index in [4.69, 9.17) is 9.47 Å². The molecule has 3 rings (SSSR count). The molecule has 110 valence electrons. The van der Waals surface area contributed by atoms with Crippen molar-refractivity contribution in [3.05, 3.63) is 53.3 Å². The number of benzene rings is 2. The van der Waals surface area contributed by atoms with Gasteiger partial charge in [-0.3, -0.25) is 0 Å². The Bertz CT molecular complexity index is 643. The standard InChI is InChI=1S/C17H18FNO2/c1-12-3-5-14(10-15(12)18)19-11-13-4-6-16-17(9-13)21-8-2-7-20-16/h3-6,9-10,19H,2,7-8,11H2,1H3. The van der Waals surface area contributed by atoms with Crippen molar-refractivity contribution < 1.29 is 13.9 Å². The van der Waals surface area contributed by atoms with Crippen LogP contribution in [0.25, 0.3) is 0 Å². The number of ether oxygens (including phenoxy) is 2. The molecule has 1 heterocycles. The van der Waals surface area contributed by atoms with E-state index in [-0.39, 0.29) is 5.82 Å². The van der Waals surface area contributed by atoms with E-state index in [0.29, 0.717) is 25.3 Å². The number of fused-ring (bicyclic) bond motifs is 1. The predicted octanol–water partition coefficient (Wildman–Crippen LogP) is 3.91. The second kappa shape index (κ2) is 6.04. The smallest absolute Gasteiger partial charge is 0.161 e. The van der Waals surface area contributed by atoms with Crippen LogP contribution in [0.1, 0.15) is 17.5 Å². The lowest BCUT2D eigenvalue weighted by Gasteiger charge is -2.11. The lowest BCUT2D eigenvalue weighted by molar-refractivity contribution is 0.297. The van der Waals surface area contributed by atoms with Gasteiger partial charge in [0.25, 0.3) is 0 Å². The SMILES string of the molecule is Cc1ccc(NCc2ccc3c(c2)OCCCO3)cc1F. The van der Waals surface area contributed by atoms with Crippen LogP contribution >= 0.6 is 0 Å². The highest BCUT2D eigenvalue weighted by atomic mass is 19.1. The van der Waals surface area contributed by atoms with Crippen molar-refractivity contribution in [1.29, 1.82) is 0 Å². The predicted molar refractivity (Wildman–Crippen MR) is 80.5 cm³/mol. The number of hydrogen-bond acceptors (Lipinski definition) is 3. The molecule has 0 aliphatic carbocycles. The van der Waals surface area contributed by atoms with E-state index in [1.807, 2.05) is 24.3 Å². The number of rotatable bonds is 3. The van der Waals surface area contributed by atoms with Crippen LogP contribution in [0.3, 0.4) is 0 Å². The molecule has 0 aromatic heterocycles. The number of anilines is 1. The highest BCUT2D eigenvalue weighted by Crippen LogP contribution is 2.30. The van der Waals surface area contributed by atoms with Crippen LogP contribution in [0.2, 0.25) is 0 Å². The summed E-state index contributed by atoms with van der Waals surface area (Å²) in [5, 5.41) is 3.22. The molecule has 0 amide bonds. The largest absolute Gasteiger partial charge is 0.490 e. The zero-order valence-corrected chi connectivity index (χ0v) is 12.0. The molecule has 2 aromatic carbocycles. The summed E-state index contributed by atoms with van der Waals surface area (Å²) < 4.78 is 24.8. The molecule has 0 atom stereocenters. The molecular formula is C17H18FNO2. The van der Waals surface area contributed by atoms with Gasteiger partial charge < -0.3 is 14.8 Å². The van der Waals surface area contributed by atoms with Gasteiger partial charge in [-0.25, -0.2) is 4.39 Å². The summed E-state index contributed by atoms with van der Waals surface area (Å²) >= 11 is 0. The van der Waals surface area contributed by atoms with Gasteiger partial charge in [-0.15, -0.1) is 0 Å². The fraction of sp³-hybridized carbons (Fsp3) is 0.294. The third-order valence-corrected chi connectivity index (χ3v) is 3.48. The molecule has 1 N–H and O–H groups in total. The van der Waals surface area contributed by atoms with Crippen molar-refractivity contribution in [3.8, 4) is 11.5 Å². The van der Waals surface area contributed by atoms with Crippen molar-refractivity contribution >= 4 is 5.69 Å². The van der Waals surface area contributed by atoms with Crippen LogP contribution in [-0.2, 0) is 6.54 Å². The molecule has 0 radical (unpaired) electrons. The van der Waals surface area contributed by atoms with Crippen LogP contribution in [-0.4, -0.2) is 13.2 Å². The molecule has 2 aromatic rings. The van der Waals surface area contributed by atoms with E-state index in [1.165, 1.54) is 6.07 Å². The van der Waals surface area contributed by atoms with Crippen molar-refractivity contribution in [2.45, 2.75) is 19.9 Å². The normalized spacial score (nSPS) is 13.6. The Labute approximate surface area is 123 Å². The monoisotopic (exact) mass is 287 g/mol. The van der Waals surface area contributed by atoms with E-state index in [9.17, 15) is 4.39 Å². The molecule has 21 heavy (non-hydrogen) atoms. The molecule has 4 heteroatoms. The first-order valence-electron chi connectivity index (χ1n) is 7.11. The summed E-state index contributed by atoms with van der Waals surface area (Å²) in [4.78, 5) is 0. The van der Waals surface area contributed by atoms with Gasteiger partial charge in [0.05, 0.1) is 13.2 Å². The third-order valence-electron chi connectivity index (χ3n) is 3.48. The maximum Gasteiger partial charge on any atom is 0.161 e. The molecule has 0 unspecified atom stereocenters. The summed E-state index contributed by atoms with van der Waals surface area (Å²) in [6, 6.07) is 11.0. The van der Waals surface area contributed by atoms with Crippen molar-refractivity contribution in [2.24, 2.45) is 0 Å². The maximum atomic E-state index is 13.5. The van der Waals surface area contributed by atoms with Crippen LogP contribution in [0.5, 0.6) is 11.5 Å². The summed E-state index contributed by atoms with van der Waals surface area (Å²) in [7, 11) is 0. The van der Waals surface area contributed by atoms with Gasteiger partial charge in [0.1, 0.15) is 5.82 Å². The topological polar surface area (TPSA) is 30.5 Å². The van der Waals surface area contributed by atoms with Crippen molar-refractivity contribution in [3.63, 3.8) is 0 Å². The number of hydrogen-bond donors (Lipinski definition) is 1. The number of halogens is 1. The second-order valence-electron chi connectivity index (χ2n) is 5.15. The molecule has 0 saturated carbocycles.